The van der Waals surface area contributed by atoms with Crippen molar-refractivity contribution in [2.75, 3.05) is 26.7 Å². The predicted molar refractivity (Wildman–Crippen MR) is 157 cm³/mol. The van der Waals surface area contributed by atoms with Crippen molar-refractivity contribution >= 4 is 34.4 Å². The van der Waals surface area contributed by atoms with Crippen molar-refractivity contribution < 1.29 is 9.59 Å². The van der Waals surface area contributed by atoms with Crippen LogP contribution in [0.4, 0.5) is 0 Å². The number of rotatable bonds is 5. The third-order valence-electron chi connectivity index (χ3n) is 6.46. The number of aromatic nitrogens is 1. The van der Waals surface area contributed by atoms with Gasteiger partial charge in [-0.3, -0.25) is 9.59 Å². The Hall–Kier alpha value is -2.77. The maximum atomic E-state index is 10.8. The second-order valence-electron chi connectivity index (χ2n) is 9.28. The highest BCUT2D eigenvalue weighted by molar-refractivity contribution is 7.07. The van der Waals surface area contributed by atoms with Gasteiger partial charge in [0.15, 0.2) is 0 Å². The molecule has 5 rings (SSSR count). The second kappa shape index (κ2) is 18.5. The number of thiazole rings is 1. The van der Waals surface area contributed by atoms with E-state index in [-0.39, 0.29) is 11.9 Å². The number of fused-ring (bicyclic) bond motifs is 1. The number of nitrogens with zero attached hydrogens (tertiary/aromatic N) is 2. The summed E-state index contributed by atoms with van der Waals surface area (Å²) in [6.45, 7) is 6.38. The number of nitrogens with one attached hydrogen (secondary N) is 2. The summed E-state index contributed by atoms with van der Waals surface area (Å²) in [4.78, 5) is 26.9. The molecule has 2 amide bonds. The summed E-state index contributed by atoms with van der Waals surface area (Å²) in [6.07, 6.45) is 12.3. The standard InChI is InChI=1S/C13H9NS.C6H14N2O.C6H12.C5H9NO/c1-2-6-11-10(4-1)5-3-7-12(11)13-8-15-9-14-13;1-4-8-6(9)5(2)7-3;1-2-4-6-5-3-1;7-5-6-3-1-2-4-6/h1-9H;5,7H,4H2,1-3H3,(H,8,9);1-6H2;5H,1-4H2. The molecule has 1 atom stereocenters. The SMILES string of the molecule is C1CCCCC1.CCNC(=O)C(C)NC.O=CN1CCCC1.c1ccc2c(-c3cscn3)cccc2c1. The lowest BCUT2D eigenvalue weighted by molar-refractivity contribution is -0.122. The molecule has 7 heteroatoms. The van der Waals surface area contributed by atoms with E-state index in [1.165, 1.54) is 67.7 Å². The number of benzene rings is 2. The molecule has 1 saturated carbocycles. The van der Waals surface area contributed by atoms with Gasteiger partial charge in [0.1, 0.15) is 0 Å². The van der Waals surface area contributed by atoms with Crippen LogP contribution in [0.5, 0.6) is 0 Å². The minimum absolute atomic E-state index is 0.0556. The lowest BCUT2D eigenvalue weighted by atomic mass is 10.0. The molecule has 1 saturated heterocycles. The van der Waals surface area contributed by atoms with E-state index in [9.17, 15) is 9.59 Å². The Kier molecular flexibility index (Phi) is 15.2. The lowest BCUT2D eigenvalue weighted by Gasteiger charge is -2.08. The van der Waals surface area contributed by atoms with Crippen LogP contribution in [0, 0.1) is 0 Å². The maximum absolute atomic E-state index is 10.8. The zero-order valence-corrected chi connectivity index (χ0v) is 23.6. The highest BCUT2D eigenvalue weighted by Gasteiger charge is 2.07. The molecule has 2 aliphatic rings. The van der Waals surface area contributed by atoms with E-state index in [0.29, 0.717) is 6.54 Å². The smallest absolute Gasteiger partial charge is 0.236 e. The van der Waals surface area contributed by atoms with Crippen LogP contribution in [-0.4, -0.2) is 54.9 Å². The molecule has 6 nitrogen and oxygen atoms in total. The van der Waals surface area contributed by atoms with Gasteiger partial charge in [-0.25, -0.2) is 4.98 Å². The van der Waals surface area contributed by atoms with Crippen molar-refractivity contribution in [2.45, 2.75) is 71.3 Å². The summed E-state index contributed by atoms with van der Waals surface area (Å²) < 4.78 is 0. The van der Waals surface area contributed by atoms with Gasteiger partial charge in [-0.05, 0) is 44.5 Å². The summed E-state index contributed by atoms with van der Waals surface area (Å²) in [5.41, 5.74) is 4.16. The Bertz CT molecular complexity index is 999. The molecular weight excluding hydrogens is 480 g/mol. The molecule has 202 valence electrons. The molecule has 2 N–H and O–H groups in total. The number of amides is 2. The van der Waals surface area contributed by atoms with E-state index in [4.69, 9.17) is 0 Å². The first-order valence-corrected chi connectivity index (χ1v) is 14.6. The molecule has 2 aromatic carbocycles. The minimum Gasteiger partial charge on any atom is -0.355 e. The number of hydrogen-bond acceptors (Lipinski definition) is 5. The number of hydrogen-bond donors (Lipinski definition) is 2. The quantitative estimate of drug-likeness (QED) is 0.386. The van der Waals surface area contributed by atoms with E-state index in [1.807, 2.05) is 19.4 Å². The number of likely N-dealkylation sites (tertiary alicyclic amines) is 1. The molecule has 37 heavy (non-hydrogen) atoms. The van der Waals surface area contributed by atoms with E-state index in [0.717, 1.165) is 25.2 Å². The van der Waals surface area contributed by atoms with Crippen molar-refractivity contribution in [2.24, 2.45) is 0 Å². The highest BCUT2D eigenvalue weighted by atomic mass is 32.1. The summed E-state index contributed by atoms with van der Waals surface area (Å²) in [7, 11) is 1.76. The van der Waals surface area contributed by atoms with E-state index in [2.05, 4.69) is 63.5 Å². The zero-order valence-electron chi connectivity index (χ0n) is 22.7. The van der Waals surface area contributed by atoms with Gasteiger partial charge < -0.3 is 15.5 Å². The number of likely N-dealkylation sites (N-methyl/N-ethyl adjacent to an activating group) is 2. The zero-order chi connectivity index (χ0) is 26.7. The van der Waals surface area contributed by atoms with E-state index < -0.39 is 0 Å². The van der Waals surface area contributed by atoms with Crippen molar-refractivity contribution in [3.05, 3.63) is 53.4 Å². The first-order valence-electron chi connectivity index (χ1n) is 13.6. The van der Waals surface area contributed by atoms with Crippen LogP contribution in [0.1, 0.15) is 65.2 Å². The molecule has 2 heterocycles. The minimum atomic E-state index is -0.0788. The van der Waals surface area contributed by atoms with Gasteiger partial charge in [0.2, 0.25) is 12.3 Å². The summed E-state index contributed by atoms with van der Waals surface area (Å²) in [6, 6.07) is 14.7. The van der Waals surface area contributed by atoms with Crippen molar-refractivity contribution in [3.63, 3.8) is 0 Å². The molecular formula is C30H44N4O2S. The molecule has 1 aliphatic heterocycles. The third kappa shape index (κ3) is 11.4. The van der Waals surface area contributed by atoms with Crippen LogP contribution >= 0.6 is 11.3 Å². The average Bonchev–Trinajstić information content (AvgIpc) is 3.69. The van der Waals surface area contributed by atoms with Gasteiger partial charge in [0.05, 0.1) is 17.2 Å². The fourth-order valence-corrected chi connectivity index (χ4v) is 4.71. The Morgan fingerprint density at radius 3 is 2.14 bits per heavy atom. The van der Waals surface area contributed by atoms with Crippen LogP contribution in [0.25, 0.3) is 22.0 Å². The average molecular weight is 525 g/mol. The Morgan fingerprint density at radius 1 is 1.00 bits per heavy atom. The molecule has 2 fully saturated rings. The molecule has 0 spiro atoms. The fourth-order valence-electron chi connectivity index (χ4n) is 4.16. The monoisotopic (exact) mass is 524 g/mol. The van der Waals surface area contributed by atoms with Crippen molar-refractivity contribution in [3.8, 4) is 11.3 Å². The van der Waals surface area contributed by atoms with Crippen molar-refractivity contribution in [1.82, 2.24) is 20.5 Å². The molecule has 3 aromatic rings. The number of carbonyl (C=O) groups excluding carboxylic acids is 2. The lowest BCUT2D eigenvalue weighted by Crippen LogP contribution is -2.40. The summed E-state index contributed by atoms with van der Waals surface area (Å²) >= 11 is 1.63. The van der Waals surface area contributed by atoms with E-state index >= 15 is 0 Å². The largest absolute Gasteiger partial charge is 0.355 e. The topological polar surface area (TPSA) is 74.3 Å². The number of carbonyl (C=O) groups is 2. The summed E-state index contributed by atoms with van der Waals surface area (Å²) in [5.74, 6) is 0.0556. The Labute approximate surface area is 226 Å². The van der Waals surface area contributed by atoms with Crippen molar-refractivity contribution in [1.29, 1.82) is 0 Å². The normalized spacial score (nSPS) is 15.2. The van der Waals surface area contributed by atoms with Gasteiger partial charge in [-0.15, -0.1) is 11.3 Å². The van der Waals surface area contributed by atoms with Gasteiger partial charge >= 0.3 is 0 Å². The first kappa shape index (κ1) is 30.5. The van der Waals surface area contributed by atoms with Gasteiger partial charge in [-0.2, -0.15) is 0 Å². The van der Waals surface area contributed by atoms with Crippen LogP contribution in [0.3, 0.4) is 0 Å². The molecule has 0 radical (unpaired) electrons. The maximum Gasteiger partial charge on any atom is 0.236 e. The predicted octanol–water partition coefficient (Wildman–Crippen LogP) is 6.27. The van der Waals surface area contributed by atoms with E-state index in [1.54, 1.807) is 23.3 Å². The molecule has 0 bridgehead atoms. The van der Waals surface area contributed by atoms with Crippen LogP contribution in [-0.2, 0) is 9.59 Å². The summed E-state index contributed by atoms with van der Waals surface area (Å²) in [5, 5.41) is 10.2. The van der Waals surface area contributed by atoms with Crippen LogP contribution in [0.2, 0.25) is 0 Å². The van der Waals surface area contributed by atoms with Crippen LogP contribution in [0.15, 0.2) is 53.4 Å². The Balaban J connectivity index is 0.000000188. The Morgan fingerprint density at radius 2 is 1.62 bits per heavy atom. The second-order valence-corrected chi connectivity index (χ2v) is 9.99. The third-order valence-corrected chi connectivity index (χ3v) is 7.05. The molecule has 1 aromatic heterocycles. The molecule has 1 unspecified atom stereocenters. The fraction of sp³-hybridized carbons (Fsp3) is 0.500. The first-order chi connectivity index (χ1) is 18.1. The van der Waals surface area contributed by atoms with Gasteiger partial charge in [-0.1, -0.05) is 81.0 Å². The van der Waals surface area contributed by atoms with Crippen LogP contribution < -0.4 is 10.6 Å². The van der Waals surface area contributed by atoms with Gasteiger partial charge in [0, 0.05) is 30.6 Å². The van der Waals surface area contributed by atoms with Gasteiger partial charge in [0.25, 0.3) is 0 Å². The highest BCUT2D eigenvalue weighted by Crippen LogP contribution is 2.27. The molecule has 1 aliphatic carbocycles.